The fraction of sp³-hybridized carbons (Fsp3) is 0.385. The van der Waals surface area contributed by atoms with Gasteiger partial charge in [-0.2, -0.15) is 0 Å². The molecule has 0 atom stereocenters. The first kappa shape index (κ1) is 8.96. The molecule has 0 amide bonds. The Hall–Kier alpha value is -1.31. The smallest absolute Gasteiger partial charge is 0.125 e. The van der Waals surface area contributed by atoms with Gasteiger partial charge in [0.25, 0.3) is 0 Å². The molecule has 0 saturated heterocycles. The molecule has 1 aliphatic carbocycles. The molecule has 1 nitrogen and oxygen atoms in total. The summed E-state index contributed by atoms with van der Waals surface area (Å²) in [4.78, 5) is 0. The van der Waals surface area contributed by atoms with Crippen LogP contribution in [0.15, 0.2) is 30.5 Å². The van der Waals surface area contributed by atoms with Crippen LogP contribution in [0.5, 0.6) is 0 Å². The molecule has 2 aromatic rings. The minimum absolute atomic E-state index is 0.143. The van der Waals surface area contributed by atoms with E-state index in [-0.39, 0.29) is 5.82 Å². The minimum Gasteiger partial charge on any atom is -0.347 e. The summed E-state index contributed by atoms with van der Waals surface area (Å²) in [7, 11) is 0. The van der Waals surface area contributed by atoms with E-state index in [0.29, 0.717) is 0 Å². The maximum atomic E-state index is 13.1. The first-order chi connectivity index (χ1) is 7.33. The second kappa shape index (κ2) is 3.37. The van der Waals surface area contributed by atoms with E-state index >= 15 is 0 Å². The lowest BCUT2D eigenvalue weighted by Gasteiger charge is -2.26. The van der Waals surface area contributed by atoms with Crippen molar-refractivity contribution >= 4 is 10.9 Å². The van der Waals surface area contributed by atoms with Crippen molar-refractivity contribution in [2.75, 3.05) is 0 Å². The number of hydrogen-bond acceptors (Lipinski definition) is 0. The molecule has 1 aliphatic rings. The third kappa shape index (κ3) is 1.54. The second-order valence-electron chi connectivity index (χ2n) is 4.47. The van der Waals surface area contributed by atoms with Crippen LogP contribution in [0.25, 0.3) is 10.9 Å². The van der Waals surface area contributed by atoms with Crippen LogP contribution in [0, 0.1) is 11.7 Å². The molecule has 0 spiro atoms. The minimum atomic E-state index is -0.143. The summed E-state index contributed by atoms with van der Waals surface area (Å²) in [5, 5.41) is 1.13. The zero-order valence-electron chi connectivity index (χ0n) is 8.62. The molecule has 0 bridgehead atoms. The van der Waals surface area contributed by atoms with Crippen LogP contribution in [0.4, 0.5) is 4.39 Å². The van der Waals surface area contributed by atoms with Gasteiger partial charge in [-0.25, -0.2) is 4.39 Å². The van der Waals surface area contributed by atoms with E-state index in [2.05, 4.69) is 16.8 Å². The molecule has 1 fully saturated rings. The fourth-order valence-electron chi connectivity index (χ4n) is 2.27. The molecule has 0 aliphatic heterocycles. The van der Waals surface area contributed by atoms with Gasteiger partial charge < -0.3 is 4.57 Å². The topological polar surface area (TPSA) is 4.93 Å². The molecule has 1 aromatic heterocycles. The monoisotopic (exact) mass is 203 g/mol. The summed E-state index contributed by atoms with van der Waals surface area (Å²) >= 11 is 0. The van der Waals surface area contributed by atoms with Crippen LogP contribution in [-0.2, 0) is 6.54 Å². The fourth-order valence-corrected chi connectivity index (χ4v) is 2.27. The lowest BCUT2D eigenvalue weighted by Crippen LogP contribution is -2.17. The van der Waals surface area contributed by atoms with Crippen LogP contribution < -0.4 is 0 Å². The Morgan fingerprint density at radius 3 is 2.87 bits per heavy atom. The zero-order chi connectivity index (χ0) is 10.3. The summed E-state index contributed by atoms with van der Waals surface area (Å²) in [6.07, 6.45) is 6.09. The molecule has 3 rings (SSSR count). The van der Waals surface area contributed by atoms with E-state index in [0.717, 1.165) is 23.4 Å². The molecule has 0 radical (unpaired) electrons. The van der Waals surface area contributed by atoms with E-state index in [9.17, 15) is 4.39 Å². The molecule has 0 N–H and O–H groups in total. The highest BCUT2D eigenvalue weighted by molar-refractivity contribution is 5.80. The largest absolute Gasteiger partial charge is 0.347 e. The van der Waals surface area contributed by atoms with Gasteiger partial charge in [-0.1, -0.05) is 6.42 Å². The van der Waals surface area contributed by atoms with Crippen molar-refractivity contribution < 1.29 is 4.39 Å². The van der Waals surface area contributed by atoms with E-state index in [1.54, 1.807) is 6.07 Å². The Bertz CT molecular complexity index is 482. The van der Waals surface area contributed by atoms with Gasteiger partial charge in [0, 0.05) is 12.7 Å². The Morgan fingerprint density at radius 2 is 2.13 bits per heavy atom. The van der Waals surface area contributed by atoms with Gasteiger partial charge >= 0.3 is 0 Å². The molecule has 1 aromatic carbocycles. The molecule has 2 heteroatoms. The summed E-state index contributed by atoms with van der Waals surface area (Å²) in [6.45, 7) is 1.05. The molecule has 15 heavy (non-hydrogen) atoms. The van der Waals surface area contributed by atoms with Crippen molar-refractivity contribution in [2.24, 2.45) is 5.92 Å². The number of benzene rings is 1. The third-order valence-corrected chi connectivity index (χ3v) is 3.42. The number of rotatable bonds is 2. The van der Waals surface area contributed by atoms with Crippen LogP contribution in [0.2, 0.25) is 0 Å². The maximum absolute atomic E-state index is 13.1. The SMILES string of the molecule is Fc1ccc2ccn(CC3CCC3)c2c1. The molecular weight excluding hydrogens is 189 g/mol. The zero-order valence-corrected chi connectivity index (χ0v) is 8.62. The standard InChI is InChI=1S/C13H14FN/c14-12-5-4-11-6-7-15(13(11)8-12)9-10-2-1-3-10/h4-8,10H,1-3,9H2. The predicted octanol–water partition coefficient (Wildman–Crippen LogP) is 3.58. The van der Waals surface area contributed by atoms with Crippen molar-refractivity contribution in [3.8, 4) is 0 Å². The second-order valence-corrected chi connectivity index (χ2v) is 4.47. The maximum Gasteiger partial charge on any atom is 0.125 e. The highest BCUT2D eigenvalue weighted by Gasteiger charge is 2.18. The van der Waals surface area contributed by atoms with Gasteiger partial charge in [0.1, 0.15) is 5.82 Å². The van der Waals surface area contributed by atoms with Crippen LogP contribution in [-0.4, -0.2) is 4.57 Å². The van der Waals surface area contributed by atoms with Crippen LogP contribution in [0.3, 0.4) is 0 Å². The van der Waals surface area contributed by atoms with Crippen LogP contribution in [0.1, 0.15) is 19.3 Å². The van der Waals surface area contributed by atoms with Crippen molar-refractivity contribution in [3.05, 3.63) is 36.3 Å². The molecule has 1 heterocycles. The molecule has 1 saturated carbocycles. The molecule has 78 valence electrons. The Labute approximate surface area is 88.5 Å². The lowest BCUT2D eigenvalue weighted by molar-refractivity contribution is 0.280. The van der Waals surface area contributed by atoms with Crippen molar-refractivity contribution in [1.29, 1.82) is 0 Å². The quantitative estimate of drug-likeness (QED) is 0.703. The van der Waals surface area contributed by atoms with E-state index < -0.39 is 0 Å². The first-order valence-electron chi connectivity index (χ1n) is 5.57. The summed E-state index contributed by atoms with van der Waals surface area (Å²) in [5.74, 6) is 0.667. The highest BCUT2D eigenvalue weighted by Crippen LogP contribution is 2.29. The number of halogens is 1. The van der Waals surface area contributed by atoms with Gasteiger partial charge in [-0.15, -0.1) is 0 Å². The van der Waals surface area contributed by atoms with Crippen molar-refractivity contribution in [1.82, 2.24) is 4.57 Å². The van der Waals surface area contributed by atoms with E-state index in [4.69, 9.17) is 0 Å². The normalized spacial score (nSPS) is 16.9. The summed E-state index contributed by atoms with van der Waals surface area (Å²) in [5.41, 5.74) is 1.03. The lowest BCUT2D eigenvalue weighted by atomic mass is 9.85. The number of hydrogen-bond donors (Lipinski definition) is 0. The van der Waals surface area contributed by atoms with Crippen molar-refractivity contribution in [2.45, 2.75) is 25.8 Å². The number of fused-ring (bicyclic) bond motifs is 1. The van der Waals surface area contributed by atoms with E-state index in [1.807, 2.05) is 6.07 Å². The van der Waals surface area contributed by atoms with Crippen molar-refractivity contribution in [3.63, 3.8) is 0 Å². The van der Waals surface area contributed by atoms with Gasteiger partial charge in [-0.05, 0) is 48.4 Å². The Kier molecular flexibility index (Phi) is 2.01. The van der Waals surface area contributed by atoms with Gasteiger partial charge in [-0.3, -0.25) is 0 Å². The predicted molar refractivity (Wildman–Crippen MR) is 59.2 cm³/mol. The third-order valence-electron chi connectivity index (χ3n) is 3.42. The first-order valence-corrected chi connectivity index (χ1v) is 5.57. The van der Waals surface area contributed by atoms with Gasteiger partial charge in [0.05, 0.1) is 5.52 Å². The Balaban J connectivity index is 1.98. The average Bonchev–Trinajstić information content (AvgIpc) is 2.54. The van der Waals surface area contributed by atoms with Gasteiger partial charge in [0.15, 0.2) is 0 Å². The van der Waals surface area contributed by atoms with Crippen LogP contribution >= 0.6 is 0 Å². The summed E-state index contributed by atoms with van der Waals surface area (Å²) in [6, 6.07) is 7.07. The average molecular weight is 203 g/mol. The molecule has 0 unspecified atom stereocenters. The Morgan fingerprint density at radius 1 is 1.27 bits per heavy atom. The highest BCUT2D eigenvalue weighted by atomic mass is 19.1. The number of aromatic nitrogens is 1. The van der Waals surface area contributed by atoms with Gasteiger partial charge in [0.2, 0.25) is 0 Å². The number of nitrogens with zero attached hydrogens (tertiary/aromatic N) is 1. The van der Waals surface area contributed by atoms with E-state index in [1.165, 1.54) is 25.3 Å². The molecular formula is C13H14FN. The summed E-state index contributed by atoms with van der Waals surface area (Å²) < 4.78 is 15.3.